The van der Waals surface area contributed by atoms with Crippen molar-refractivity contribution in [2.75, 3.05) is 6.61 Å². The summed E-state index contributed by atoms with van der Waals surface area (Å²) in [6, 6.07) is 0. The van der Waals surface area contributed by atoms with E-state index in [2.05, 4.69) is 6.08 Å². The molecule has 0 amide bonds. The quantitative estimate of drug-likeness (QED) is 0.609. The van der Waals surface area contributed by atoms with E-state index in [1.165, 1.54) is 5.57 Å². The summed E-state index contributed by atoms with van der Waals surface area (Å²) in [5.74, 6) is 0. The smallest absolute Gasteiger partial charge is 0.0785 e. The Morgan fingerprint density at radius 2 is 2.25 bits per heavy atom. The summed E-state index contributed by atoms with van der Waals surface area (Å²) in [6.07, 6.45) is 3.66. The first kappa shape index (κ1) is 9.75. The van der Waals surface area contributed by atoms with Crippen molar-refractivity contribution in [1.82, 2.24) is 0 Å². The monoisotopic (exact) mass is 170 g/mol. The van der Waals surface area contributed by atoms with Crippen LogP contribution in [-0.4, -0.2) is 23.4 Å². The number of aliphatic hydroxyl groups is 1. The largest absolute Gasteiger partial charge is 0.390 e. The van der Waals surface area contributed by atoms with Gasteiger partial charge in [0.15, 0.2) is 0 Å². The second-order valence-electron chi connectivity index (χ2n) is 4.10. The number of rotatable bonds is 1. The van der Waals surface area contributed by atoms with Gasteiger partial charge in [0.25, 0.3) is 0 Å². The first-order chi connectivity index (χ1) is 5.49. The molecule has 1 rings (SSSR count). The van der Waals surface area contributed by atoms with Crippen molar-refractivity contribution in [2.45, 2.75) is 45.3 Å². The fourth-order valence-electron chi connectivity index (χ4n) is 1.50. The van der Waals surface area contributed by atoms with Gasteiger partial charge in [-0.25, -0.2) is 0 Å². The van der Waals surface area contributed by atoms with Crippen LogP contribution in [0.4, 0.5) is 0 Å². The number of hydrogen-bond donors (Lipinski definition) is 1. The lowest BCUT2D eigenvalue weighted by Crippen LogP contribution is -2.37. The van der Waals surface area contributed by atoms with Crippen LogP contribution in [0.5, 0.6) is 0 Å². The van der Waals surface area contributed by atoms with Crippen LogP contribution >= 0.6 is 0 Å². The van der Waals surface area contributed by atoms with Crippen molar-refractivity contribution in [3.8, 4) is 0 Å². The summed E-state index contributed by atoms with van der Waals surface area (Å²) in [7, 11) is 0. The Balaban J connectivity index is 2.52. The molecule has 0 spiro atoms. The molecule has 0 aliphatic carbocycles. The molecule has 0 aromatic carbocycles. The molecule has 1 fully saturated rings. The van der Waals surface area contributed by atoms with Crippen LogP contribution in [0.2, 0.25) is 0 Å². The summed E-state index contributed by atoms with van der Waals surface area (Å²) < 4.78 is 5.49. The molecule has 1 saturated heterocycles. The van der Waals surface area contributed by atoms with E-state index >= 15 is 0 Å². The van der Waals surface area contributed by atoms with E-state index in [9.17, 15) is 5.11 Å². The van der Waals surface area contributed by atoms with Gasteiger partial charge in [-0.1, -0.05) is 11.6 Å². The van der Waals surface area contributed by atoms with Crippen LogP contribution in [0.15, 0.2) is 11.6 Å². The standard InChI is InChI=1S/C10H18O2/c1-8(2)6-9-7-10(3,11)4-5-12-9/h6,9,11H,4-5,7H2,1-3H3/t9-,10-/m0/s1. The van der Waals surface area contributed by atoms with Gasteiger partial charge in [0.2, 0.25) is 0 Å². The average molecular weight is 170 g/mol. The Morgan fingerprint density at radius 1 is 1.58 bits per heavy atom. The fraction of sp³-hybridized carbons (Fsp3) is 0.800. The van der Waals surface area contributed by atoms with Crippen LogP contribution in [0.3, 0.4) is 0 Å². The maximum atomic E-state index is 9.75. The normalized spacial score (nSPS) is 36.2. The van der Waals surface area contributed by atoms with Gasteiger partial charge in [-0.15, -0.1) is 0 Å². The highest BCUT2D eigenvalue weighted by Gasteiger charge is 2.29. The molecule has 1 N–H and O–H groups in total. The predicted octanol–water partition coefficient (Wildman–Crippen LogP) is 1.88. The minimum atomic E-state index is -0.533. The molecule has 2 nitrogen and oxygen atoms in total. The zero-order chi connectivity index (χ0) is 9.19. The molecule has 12 heavy (non-hydrogen) atoms. The average Bonchev–Trinajstić information content (AvgIpc) is 1.82. The number of allylic oxidation sites excluding steroid dienone is 1. The van der Waals surface area contributed by atoms with Crippen molar-refractivity contribution in [3.63, 3.8) is 0 Å². The molecule has 0 aromatic heterocycles. The van der Waals surface area contributed by atoms with E-state index in [1.807, 2.05) is 20.8 Å². The Labute approximate surface area is 74.2 Å². The van der Waals surface area contributed by atoms with E-state index in [-0.39, 0.29) is 6.10 Å². The molecule has 0 radical (unpaired) electrons. The van der Waals surface area contributed by atoms with E-state index < -0.39 is 5.60 Å². The van der Waals surface area contributed by atoms with E-state index in [1.54, 1.807) is 0 Å². The van der Waals surface area contributed by atoms with Gasteiger partial charge in [0.05, 0.1) is 18.3 Å². The number of hydrogen-bond acceptors (Lipinski definition) is 2. The topological polar surface area (TPSA) is 29.5 Å². The Hall–Kier alpha value is -0.340. The van der Waals surface area contributed by atoms with Gasteiger partial charge in [-0.3, -0.25) is 0 Å². The van der Waals surface area contributed by atoms with Crippen molar-refractivity contribution in [2.24, 2.45) is 0 Å². The summed E-state index contributed by atoms with van der Waals surface area (Å²) >= 11 is 0. The number of ether oxygens (including phenoxy) is 1. The molecular weight excluding hydrogens is 152 g/mol. The van der Waals surface area contributed by atoms with E-state index in [0.717, 1.165) is 12.8 Å². The molecule has 1 aliphatic rings. The molecule has 70 valence electrons. The van der Waals surface area contributed by atoms with Crippen molar-refractivity contribution in [3.05, 3.63) is 11.6 Å². The van der Waals surface area contributed by atoms with Crippen LogP contribution in [0, 0.1) is 0 Å². The van der Waals surface area contributed by atoms with Gasteiger partial charge in [-0.2, -0.15) is 0 Å². The highest BCUT2D eigenvalue weighted by molar-refractivity contribution is 5.01. The van der Waals surface area contributed by atoms with Gasteiger partial charge < -0.3 is 9.84 Å². The fourth-order valence-corrected chi connectivity index (χ4v) is 1.50. The predicted molar refractivity (Wildman–Crippen MR) is 49.0 cm³/mol. The van der Waals surface area contributed by atoms with Crippen LogP contribution in [-0.2, 0) is 4.74 Å². The van der Waals surface area contributed by atoms with Crippen LogP contribution < -0.4 is 0 Å². The summed E-state index contributed by atoms with van der Waals surface area (Å²) in [4.78, 5) is 0. The molecule has 2 heteroatoms. The molecular formula is C10H18O2. The molecule has 1 aliphatic heterocycles. The maximum absolute atomic E-state index is 9.75. The lowest BCUT2D eigenvalue weighted by molar-refractivity contribution is -0.0769. The van der Waals surface area contributed by atoms with Crippen molar-refractivity contribution < 1.29 is 9.84 Å². The third-order valence-corrected chi connectivity index (χ3v) is 2.13. The summed E-state index contributed by atoms with van der Waals surface area (Å²) in [5, 5.41) is 9.75. The highest BCUT2D eigenvalue weighted by Crippen LogP contribution is 2.25. The Bertz CT molecular complexity index is 178. The molecule has 0 aromatic rings. The molecule has 1 heterocycles. The lowest BCUT2D eigenvalue weighted by Gasteiger charge is -2.32. The van der Waals surface area contributed by atoms with Crippen molar-refractivity contribution >= 4 is 0 Å². The first-order valence-electron chi connectivity index (χ1n) is 4.49. The molecule has 0 saturated carbocycles. The second kappa shape index (κ2) is 3.58. The van der Waals surface area contributed by atoms with Crippen LogP contribution in [0.25, 0.3) is 0 Å². The molecule has 0 unspecified atom stereocenters. The lowest BCUT2D eigenvalue weighted by atomic mass is 9.92. The zero-order valence-corrected chi connectivity index (χ0v) is 8.13. The third-order valence-electron chi connectivity index (χ3n) is 2.13. The van der Waals surface area contributed by atoms with Gasteiger partial charge in [0.1, 0.15) is 0 Å². The van der Waals surface area contributed by atoms with Crippen LogP contribution in [0.1, 0.15) is 33.6 Å². The van der Waals surface area contributed by atoms with Gasteiger partial charge in [-0.05, 0) is 27.2 Å². The molecule has 2 atom stereocenters. The highest BCUT2D eigenvalue weighted by atomic mass is 16.5. The first-order valence-corrected chi connectivity index (χ1v) is 4.49. The Morgan fingerprint density at radius 3 is 2.75 bits per heavy atom. The Kier molecular flexibility index (Phi) is 2.91. The minimum absolute atomic E-state index is 0.110. The third kappa shape index (κ3) is 2.95. The van der Waals surface area contributed by atoms with Gasteiger partial charge in [0, 0.05) is 6.42 Å². The maximum Gasteiger partial charge on any atom is 0.0785 e. The second-order valence-corrected chi connectivity index (χ2v) is 4.10. The van der Waals surface area contributed by atoms with E-state index in [0.29, 0.717) is 6.61 Å². The van der Waals surface area contributed by atoms with Crippen molar-refractivity contribution in [1.29, 1.82) is 0 Å². The zero-order valence-electron chi connectivity index (χ0n) is 8.13. The molecule has 0 bridgehead atoms. The summed E-state index contributed by atoms with van der Waals surface area (Å²) in [5.41, 5.74) is 0.715. The van der Waals surface area contributed by atoms with Gasteiger partial charge >= 0.3 is 0 Å². The minimum Gasteiger partial charge on any atom is -0.390 e. The SMILES string of the molecule is CC(C)=C[C@H]1C[C@@](C)(O)CCO1. The summed E-state index contributed by atoms with van der Waals surface area (Å²) in [6.45, 7) is 6.64. The van der Waals surface area contributed by atoms with E-state index in [4.69, 9.17) is 4.74 Å².